The monoisotopic (exact) mass is 252 g/mol. The molecule has 0 heterocycles. The predicted octanol–water partition coefficient (Wildman–Crippen LogP) is 2.42. The van der Waals surface area contributed by atoms with Gasteiger partial charge in [-0.3, -0.25) is 0 Å². The van der Waals surface area contributed by atoms with Crippen LogP contribution in [-0.4, -0.2) is 30.4 Å². The van der Waals surface area contributed by atoms with Crippen LogP contribution in [0.3, 0.4) is 0 Å². The Labute approximate surface area is 108 Å². The molecule has 0 aliphatic heterocycles. The Morgan fingerprint density at radius 1 is 1.39 bits per heavy atom. The van der Waals surface area contributed by atoms with Crippen molar-refractivity contribution in [3.05, 3.63) is 29.3 Å². The molecule has 18 heavy (non-hydrogen) atoms. The third kappa shape index (κ3) is 4.04. The summed E-state index contributed by atoms with van der Waals surface area (Å²) >= 11 is 0. The lowest BCUT2D eigenvalue weighted by molar-refractivity contribution is -0.153. The summed E-state index contributed by atoms with van der Waals surface area (Å²) in [6.07, 6.45) is -0.666. The number of methoxy groups -OCH3 is 1. The molecule has 0 saturated carbocycles. The van der Waals surface area contributed by atoms with E-state index in [9.17, 15) is 4.79 Å². The molecule has 0 aliphatic rings. The van der Waals surface area contributed by atoms with E-state index in [0.717, 1.165) is 11.1 Å². The molecule has 4 nitrogen and oxygen atoms in total. The van der Waals surface area contributed by atoms with E-state index in [0.29, 0.717) is 12.2 Å². The van der Waals surface area contributed by atoms with E-state index in [2.05, 4.69) is 0 Å². The van der Waals surface area contributed by atoms with Crippen LogP contribution >= 0.6 is 0 Å². The maximum absolute atomic E-state index is 11.2. The van der Waals surface area contributed by atoms with Gasteiger partial charge in [0.2, 0.25) is 0 Å². The van der Waals surface area contributed by atoms with Gasteiger partial charge in [0.25, 0.3) is 0 Å². The van der Waals surface area contributed by atoms with Crippen molar-refractivity contribution in [2.45, 2.75) is 39.4 Å². The second-order valence-electron chi connectivity index (χ2n) is 4.53. The Balaban J connectivity index is 2.92. The lowest BCUT2D eigenvalue weighted by Crippen LogP contribution is -2.29. The molecule has 0 radical (unpaired) electrons. The molecule has 4 heteroatoms. The maximum Gasteiger partial charge on any atom is 0.333 e. The van der Waals surface area contributed by atoms with Gasteiger partial charge in [0, 0.05) is 6.42 Å². The Bertz CT molecular complexity index is 412. The summed E-state index contributed by atoms with van der Waals surface area (Å²) in [5.74, 6) is -0.258. The Hall–Kier alpha value is -1.55. The first-order valence-corrected chi connectivity index (χ1v) is 5.95. The summed E-state index contributed by atoms with van der Waals surface area (Å²) in [5, 5.41) is 9.15. The van der Waals surface area contributed by atoms with Crippen molar-refractivity contribution in [3.8, 4) is 5.75 Å². The highest BCUT2D eigenvalue weighted by Crippen LogP contribution is 2.22. The molecule has 1 rings (SSSR count). The van der Waals surface area contributed by atoms with E-state index in [1.165, 1.54) is 0 Å². The summed E-state index contributed by atoms with van der Waals surface area (Å²) in [5.41, 5.74) is 1.92. The summed E-state index contributed by atoms with van der Waals surface area (Å²) in [7, 11) is 1.58. The normalized spacial score (nSPS) is 12.5. The molecular formula is C14H20O4. The highest BCUT2D eigenvalue weighted by Gasteiger charge is 2.21. The number of ether oxygens (including phenoxy) is 2. The molecule has 0 aromatic heterocycles. The molecule has 0 bridgehead atoms. The standard InChI is InChI=1S/C14H20O4/c1-9(2)18-13(14(15)16)8-11-7-10(3)5-6-12(11)17-4/h5-7,9,13H,8H2,1-4H3,(H,15,16)/t13-/m1/s1. The summed E-state index contributed by atoms with van der Waals surface area (Å²) in [6.45, 7) is 5.61. The lowest BCUT2D eigenvalue weighted by atomic mass is 10.0. The molecule has 1 N–H and O–H groups in total. The highest BCUT2D eigenvalue weighted by molar-refractivity contribution is 5.73. The number of rotatable bonds is 6. The molecule has 0 fully saturated rings. The third-order valence-electron chi connectivity index (χ3n) is 2.55. The zero-order valence-corrected chi connectivity index (χ0v) is 11.3. The fraction of sp³-hybridized carbons (Fsp3) is 0.500. The van der Waals surface area contributed by atoms with Gasteiger partial charge in [-0.15, -0.1) is 0 Å². The van der Waals surface area contributed by atoms with Crippen LogP contribution in [0.25, 0.3) is 0 Å². The number of aliphatic carboxylic acids is 1. The minimum absolute atomic E-state index is 0.123. The van der Waals surface area contributed by atoms with Crippen LogP contribution in [-0.2, 0) is 16.0 Å². The first kappa shape index (κ1) is 14.5. The second-order valence-corrected chi connectivity index (χ2v) is 4.53. The van der Waals surface area contributed by atoms with Gasteiger partial charge in [0.1, 0.15) is 5.75 Å². The van der Waals surface area contributed by atoms with Crippen LogP contribution in [0.5, 0.6) is 5.75 Å². The van der Waals surface area contributed by atoms with E-state index in [-0.39, 0.29) is 6.10 Å². The van der Waals surface area contributed by atoms with Gasteiger partial charge in [-0.1, -0.05) is 17.7 Å². The Morgan fingerprint density at radius 3 is 2.56 bits per heavy atom. The molecule has 1 aromatic carbocycles. The van der Waals surface area contributed by atoms with Gasteiger partial charge in [-0.05, 0) is 32.4 Å². The van der Waals surface area contributed by atoms with Crippen LogP contribution in [0.1, 0.15) is 25.0 Å². The molecule has 1 atom stereocenters. The SMILES string of the molecule is COc1ccc(C)cc1C[C@@H](OC(C)C)C(=O)O. The maximum atomic E-state index is 11.2. The average molecular weight is 252 g/mol. The fourth-order valence-electron chi connectivity index (χ4n) is 1.79. The Morgan fingerprint density at radius 2 is 2.06 bits per heavy atom. The largest absolute Gasteiger partial charge is 0.496 e. The van der Waals surface area contributed by atoms with E-state index in [1.807, 2.05) is 39.0 Å². The number of carbonyl (C=O) groups is 1. The minimum atomic E-state index is -0.952. The van der Waals surface area contributed by atoms with Gasteiger partial charge >= 0.3 is 5.97 Å². The van der Waals surface area contributed by atoms with Gasteiger partial charge in [0.15, 0.2) is 6.10 Å². The number of hydrogen-bond acceptors (Lipinski definition) is 3. The minimum Gasteiger partial charge on any atom is -0.496 e. The topological polar surface area (TPSA) is 55.8 Å². The predicted molar refractivity (Wildman–Crippen MR) is 69.1 cm³/mol. The fourth-order valence-corrected chi connectivity index (χ4v) is 1.79. The van der Waals surface area contributed by atoms with Crippen molar-refractivity contribution in [3.63, 3.8) is 0 Å². The van der Waals surface area contributed by atoms with Crippen LogP contribution < -0.4 is 4.74 Å². The van der Waals surface area contributed by atoms with Crippen molar-refractivity contribution in [1.29, 1.82) is 0 Å². The second kappa shape index (κ2) is 6.40. The quantitative estimate of drug-likeness (QED) is 0.844. The molecular weight excluding hydrogens is 232 g/mol. The lowest BCUT2D eigenvalue weighted by Gasteiger charge is -2.18. The van der Waals surface area contributed by atoms with E-state index >= 15 is 0 Å². The number of carboxylic acid groups (broad SMARTS) is 1. The molecule has 0 unspecified atom stereocenters. The van der Waals surface area contributed by atoms with Crippen LogP contribution in [0, 0.1) is 6.92 Å². The van der Waals surface area contributed by atoms with E-state index in [4.69, 9.17) is 14.6 Å². The number of carboxylic acids is 1. The molecule has 0 amide bonds. The first-order chi connectivity index (χ1) is 8.43. The Kier molecular flexibility index (Phi) is 5.16. The van der Waals surface area contributed by atoms with E-state index in [1.54, 1.807) is 7.11 Å². The zero-order chi connectivity index (χ0) is 13.7. The van der Waals surface area contributed by atoms with Crippen molar-refractivity contribution in [2.75, 3.05) is 7.11 Å². The third-order valence-corrected chi connectivity index (χ3v) is 2.55. The summed E-state index contributed by atoms with van der Waals surface area (Å²) < 4.78 is 10.6. The summed E-state index contributed by atoms with van der Waals surface area (Å²) in [6, 6.07) is 5.71. The number of aryl methyl sites for hydroxylation is 1. The van der Waals surface area contributed by atoms with Crippen LogP contribution in [0.15, 0.2) is 18.2 Å². The number of hydrogen-bond donors (Lipinski definition) is 1. The van der Waals surface area contributed by atoms with Gasteiger partial charge in [0.05, 0.1) is 13.2 Å². The average Bonchev–Trinajstić information content (AvgIpc) is 2.27. The molecule has 0 spiro atoms. The van der Waals surface area contributed by atoms with Crippen molar-refractivity contribution < 1.29 is 19.4 Å². The van der Waals surface area contributed by atoms with Gasteiger partial charge < -0.3 is 14.6 Å². The smallest absolute Gasteiger partial charge is 0.333 e. The first-order valence-electron chi connectivity index (χ1n) is 5.95. The highest BCUT2D eigenvalue weighted by atomic mass is 16.5. The molecule has 100 valence electrons. The molecule has 0 saturated heterocycles. The zero-order valence-electron chi connectivity index (χ0n) is 11.3. The van der Waals surface area contributed by atoms with E-state index < -0.39 is 12.1 Å². The van der Waals surface area contributed by atoms with Gasteiger partial charge in [-0.25, -0.2) is 4.79 Å². The van der Waals surface area contributed by atoms with Crippen LogP contribution in [0.2, 0.25) is 0 Å². The van der Waals surface area contributed by atoms with Crippen molar-refractivity contribution in [2.24, 2.45) is 0 Å². The number of benzene rings is 1. The van der Waals surface area contributed by atoms with Gasteiger partial charge in [-0.2, -0.15) is 0 Å². The van der Waals surface area contributed by atoms with Crippen molar-refractivity contribution in [1.82, 2.24) is 0 Å². The molecule has 0 aliphatic carbocycles. The van der Waals surface area contributed by atoms with Crippen LogP contribution in [0.4, 0.5) is 0 Å². The van der Waals surface area contributed by atoms with Crippen molar-refractivity contribution >= 4 is 5.97 Å². The summed E-state index contributed by atoms with van der Waals surface area (Å²) in [4.78, 5) is 11.2. The molecule has 1 aromatic rings.